The van der Waals surface area contributed by atoms with Crippen LogP contribution >= 0.6 is 0 Å². The SMILES string of the molecule is COC(=O)c1cc(OC)c(OC)c(OC)c1NS(=O)(=O)c1cccc(S(N)(=O)=O)c1. The van der Waals surface area contributed by atoms with Crippen molar-refractivity contribution in [2.24, 2.45) is 5.14 Å². The minimum absolute atomic E-state index is 0.0173. The summed E-state index contributed by atoms with van der Waals surface area (Å²) in [5.74, 6) is -0.925. The summed E-state index contributed by atoms with van der Waals surface area (Å²) in [6.45, 7) is 0. The Labute approximate surface area is 173 Å². The van der Waals surface area contributed by atoms with Crippen LogP contribution < -0.4 is 24.1 Å². The number of hydrogen-bond donors (Lipinski definition) is 2. The predicted octanol–water partition coefficient (Wildman–Crippen LogP) is 0.947. The van der Waals surface area contributed by atoms with E-state index in [4.69, 9.17) is 24.1 Å². The fourth-order valence-electron chi connectivity index (χ4n) is 2.54. The second-order valence-corrected chi connectivity index (χ2v) is 8.93. The third-order valence-electron chi connectivity index (χ3n) is 3.92. The molecule has 0 aliphatic carbocycles. The molecule has 2 aromatic carbocycles. The Hall–Kier alpha value is -3.03. The zero-order valence-corrected chi connectivity index (χ0v) is 18.1. The van der Waals surface area contributed by atoms with Crippen molar-refractivity contribution >= 4 is 31.7 Å². The van der Waals surface area contributed by atoms with Crippen molar-refractivity contribution in [2.45, 2.75) is 9.79 Å². The number of hydrogen-bond acceptors (Lipinski definition) is 9. The molecule has 0 fully saturated rings. The molecule has 0 saturated heterocycles. The maximum Gasteiger partial charge on any atom is 0.340 e. The molecule has 13 heteroatoms. The number of nitrogens with two attached hydrogens (primary N) is 1. The molecule has 0 aromatic heterocycles. The van der Waals surface area contributed by atoms with Gasteiger partial charge in [-0.3, -0.25) is 4.72 Å². The molecule has 0 unspecified atom stereocenters. The quantitative estimate of drug-likeness (QED) is 0.546. The van der Waals surface area contributed by atoms with E-state index in [1.54, 1.807) is 0 Å². The lowest BCUT2D eigenvalue weighted by Crippen LogP contribution is -2.19. The van der Waals surface area contributed by atoms with Crippen LogP contribution in [0.5, 0.6) is 17.2 Å². The van der Waals surface area contributed by atoms with Crippen LogP contribution in [0.15, 0.2) is 40.1 Å². The van der Waals surface area contributed by atoms with E-state index in [0.29, 0.717) is 0 Å². The summed E-state index contributed by atoms with van der Waals surface area (Å²) in [6.07, 6.45) is 0. The van der Waals surface area contributed by atoms with Gasteiger partial charge in [0.25, 0.3) is 10.0 Å². The van der Waals surface area contributed by atoms with E-state index in [0.717, 1.165) is 25.3 Å². The maximum absolute atomic E-state index is 12.9. The first-order valence-corrected chi connectivity index (χ1v) is 11.1. The average molecular weight is 460 g/mol. The van der Waals surface area contributed by atoms with E-state index in [-0.39, 0.29) is 28.5 Å². The number of carbonyl (C=O) groups excluding carboxylic acids is 1. The number of rotatable bonds is 8. The topological polar surface area (TPSA) is 160 Å². The van der Waals surface area contributed by atoms with E-state index in [1.807, 2.05) is 0 Å². The molecular weight excluding hydrogens is 440 g/mol. The van der Waals surface area contributed by atoms with E-state index < -0.39 is 35.8 Å². The van der Waals surface area contributed by atoms with Crippen molar-refractivity contribution in [1.82, 2.24) is 0 Å². The van der Waals surface area contributed by atoms with Crippen LogP contribution in [-0.2, 0) is 24.8 Å². The van der Waals surface area contributed by atoms with E-state index in [9.17, 15) is 21.6 Å². The molecule has 0 aliphatic heterocycles. The van der Waals surface area contributed by atoms with E-state index in [1.165, 1.54) is 33.5 Å². The van der Waals surface area contributed by atoms with Crippen LogP contribution in [0.4, 0.5) is 5.69 Å². The van der Waals surface area contributed by atoms with Gasteiger partial charge in [-0.1, -0.05) is 6.07 Å². The highest BCUT2D eigenvalue weighted by Crippen LogP contribution is 2.46. The molecule has 0 aliphatic rings. The van der Waals surface area contributed by atoms with Crippen molar-refractivity contribution in [3.8, 4) is 17.2 Å². The molecule has 0 amide bonds. The zero-order valence-electron chi connectivity index (χ0n) is 16.5. The highest BCUT2D eigenvalue weighted by Gasteiger charge is 2.29. The van der Waals surface area contributed by atoms with Crippen molar-refractivity contribution in [3.05, 3.63) is 35.9 Å². The monoisotopic (exact) mass is 460 g/mol. The molecule has 164 valence electrons. The standard InChI is InChI=1S/C17H20N2O9S2/c1-25-13-9-12(17(20)28-4)14(16(27-3)15(13)26-2)19-30(23,24)11-7-5-6-10(8-11)29(18,21)22/h5-9,19H,1-4H3,(H2,18,21,22). The van der Waals surface area contributed by atoms with Crippen LogP contribution in [0, 0.1) is 0 Å². The highest BCUT2D eigenvalue weighted by molar-refractivity contribution is 7.93. The molecule has 2 aromatic rings. The summed E-state index contributed by atoms with van der Waals surface area (Å²) in [7, 11) is -3.57. The van der Waals surface area contributed by atoms with Gasteiger partial charge in [-0.05, 0) is 18.2 Å². The van der Waals surface area contributed by atoms with Gasteiger partial charge < -0.3 is 18.9 Å². The maximum atomic E-state index is 12.9. The van der Waals surface area contributed by atoms with Gasteiger partial charge in [-0.25, -0.2) is 26.8 Å². The molecule has 0 bridgehead atoms. The van der Waals surface area contributed by atoms with Gasteiger partial charge in [-0.15, -0.1) is 0 Å². The van der Waals surface area contributed by atoms with Crippen molar-refractivity contribution in [3.63, 3.8) is 0 Å². The largest absolute Gasteiger partial charge is 0.493 e. The first kappa shape index (κ1) is 23.3. The Morgan fingerprint density at radius 2 is 1.50 bits per heavy atom. The third-order valence-corrected chi connectivity index (χ3v) is 6.17. The summed E-state index contributed by atoms with van der Waals surface area (Å²) in [4.78, 5) is 11.5. The fraction of sp³-hybridized carbons (Fsp3) is 0.235. The normalized spacial score (nSPS) is 11.5. The Bertz CT molecular complexity index is 1180. The molecule has 0 heterocycles. The van der Waals surface area contributed by atoms with Crippen LogP contribution in [0.2, 0.25) is 0 Å². The predicted molar refractivity (Wildman–Crippen MR) is 106 cm³/mol. The van der Waals surface area contributed by atoms with Crippen LogP contribution in [0.3, 0.4) is 0 Å². The lowest BCUT2D eigenvalue weighted by molar-refractivity contribution is 0.0601. The molecule has 3 N–H and O–H groups in total. The summed E-state index contributed by atoms with van der Waals surface area (Å²) in [5.41, 5.74) is -0.513. The molecule has 0 atom stereocenters. The van der Waals surface area contributed by atoms with Gasteiger partial charge in [-0.2, -0.15) is 0 Å². The minimum atomic E-state index is -4.39. The molecule has 0 radical (unpaired) electrons. The summed E-state index contributed by atoms with van der Waals surface area (Å²) < 4.78 is 71.6. The summed E-state index contributed by atoms with van der Waals surface area (Å²) in [5, 5.41) is 5.06. The Balaban J connectivity index is 2.73. The van der Waals surface area contributed by atoms with Gasteiger partial charge >= 0.3 is 5.97 Å². The number of anilines is 1. The Morgan fingerprint density at radius 3 is 2.00 bits per heavy atom. The zero-order chi connectivity index (χ0) is 22.7. The number of esters is 1. The second-order valence-electron chi connectivity index (χ2n) is 5.68. The lowest BCUT2D eigenvalue weighted by atomic mass is 10.1. The van der Waals surface area contributed by atoms with Crippen LogP contribution in [0.25, 0.3) is 0 Å². The van der Waals surface area contributed by atoms with Gasteiger partial charge in [0.1, 0.15) is 5.69 Å². The fourth-order valence-corrected chi connectivity index (χ4v) is 4.30. The van der Waals surface area contributed by atoms with E-state index in [2.05, 4.69) is 4.72 Å². The molecule has 2 rings (SSSR count). The third kappa shape index (κ3) is 4.58. The summed E-state index contributed by atoms with van der Waals surface area (Å²) >= 11 is 0. The Morgan fingerprint density at radius 1 is 0.900 bits per heavy atom. The highest BCUT2D eigenvalue weighted by atomic mass is 32.2. The number of ether oxygens (including phenoxy) is 4. The lowest BCUT2D eigenvalue weighted by Gasteiger charge is -2.19. The van der Waals surface area contributed by atoms with Gasteiger partial charge in [0.05, 0.1) is 43.8 Å². The van der Waals surface area contributed by atoms with Crippen LogP contribution in [-0.4, -0.2) is 51.2 Å². The first-order chi connectivity index (χ1) is 14.0. The smallest absolute Gasteiger partial charge is 0.340 e. The number of methoxy groups -OCH3 is 4. The molecule has 11 nitrogen and oxygen atoms in total. The molecular formula is C17H20N2O9S2. The minimum Gasteiger partial charge on any atom is -0.493 e. The van der Waals surface area contributed by atoms with Gasteiger partial charge in [0, 0.05) is 6.07 Å². The average Bonchev–Trinajstić information content (AvgIpc) is 2.71. The van der Waals surface area contributed by atoms with Crippen molar-refractivity contribution < 1.29 is 40.6 Å². The first-order valence-electron chi connectivity index (χ1n) is 8.07. The van der Waals surface area contributed by atoms with Crippen molar-refractivity contribution in [2.75, 3.05) is 33.2 Å². The van der Waals surface area contributed by atoms with Crippen molar-refractivity contribution in [1.29, 1.82) is 0 Å². The summed E-state index contributed by atoms with van der Waals surface area (Å²) in [6, 6.07) is 5.60. The van der Waals surface area contributed by atoms with Gasteiger partial charge in [0.2, 0.25) is 15.8 Å². The number of nitrogens with one attached hydrogen (secondary N) is 1. The molecule has 0 spiro atoms. The van der Waals surface area contributed by atoms with E-state index >= 15 is 0 Å². The number of benzene rings is 2. The number of primary sulfonamides is 1. The number of carbonyl (C=O) groups is 1. The van der Waals surface area contributed by atoms with Crippen LogP contribution in [0.1, 0.15) is 10.4 Å². The molecule has 30 heavy (non-hydrogen) atoms. The Kier molecular flexibility index (Phi) is 6.80. The number of sulfonamides is 2. The second kappa shape index (κ2) is 8.77. The van der Waals surface area contributed by atoms with Gasteiger partial charge in [0.15, 0.2) is 11.5 Å². The molecule has 0 saturated carbocycles.